The van der Waals surface area contributed by atoms with Crippen LogP contribution in [0.1, 0.15) is 26.2 Å². The molecule has 0 unspecified atom stereocenters. The maximum atomic E-state index is 11.6. The van der Waals surface area contributed by atoms with Gasteiger partial charge in [-0.15, -0.1) is 0 Å². The molecule has 1 aliphatic rings. The number of hydrogen-bond donors (Lipinski definition) is 1. The average Bonchev–Trinajstić information content (AvgIpc) is 2.52. The first-order chi connectivity index (χ1) is 11.3. The quantitative estimate of drug-likeness (QED) is 0.597. The summed E-state index contributed by atoms with van der Waals surface area (Å²) in [7, 11) is -3.46. The number of hydrogen-bond acceptors (Lipinski definition) is 6. The van der Waals surface area contributed by atoms with Gasteiger partial charge in [-0.3, -0.25) is 10.1 Å². The number of piperidine rings is 1. The zero-order valence-corrected chi connectivity index (χ0v) is 15.0. The van der Waals surface area contributed by atoms with Gasteiger partial charge in [0.1, 0.15) is 5.69 Å². The largest absolute Gasteiger partial charge is 0.379 e. The van der Waals surface area contributed by atoms with Crippen LogP contribution in [0.25, 0.3) is 0 Å². The van der Waals surface area contributed by atoms with Crippen molar-refractivity contribution in [2.75, 3.05) is 37.8 Å². The van der Waals surface area contributed by atoms with Crippen LogP contribution < -0.4 is 5.32 Å². The molecule has 1 fully saturated rings. The first-order valence-corrected chi connectivity index (χ1v) is 10.1. The molecule has 134 valence electrons. The van der Waals surface area contributed by atoms with Gasteiger partial charge < -0.3 is 10.2 Å². The summed E-state index contributed by atoms with van der Waals surface area (Å²) < 4.78 is 23.1. The Kier molecular flexibility index (Phi) is 6.17. The third-order valence-electron chi connectivity index (χ3n) is 4.25. The minimum Gasteiger partial charge on any atom is -0.379 e. The average molecular weight is 355 g/mol. The predicted octanol–water partition coefficient (Wildman–Crippen LogP) is 2.53. The molecule has 2 rings (SSSR count). The van der Waals surface area contributed by atoms with E-state index in [0.717, 1.165) is 32.0 Å². The van der Waals surface area contributed by atoms with Crippen molar-refractivity contribution in [1.29, 1.82) is 0 Å². The fourth-order valence-electron chi connectivity index (χ4n) is 2.97. The summed E-state index contributed by atoms with van der Waals surface area (Å²) in [6, 6.07) is 4.00. The Bertz CT molecular complexity index is 685. The van der Waals surface area contributed by atoms with Gasteiger partial charge in [-0.1, -0.05) is 13.3 Å². The van der Waals surface area contributed by atoms with E-state index in [-0.39, 0.29) is 10.6 Å². The summed E-state index contributed by atoms with van der Waals surface area (Å²) in [5.74, 6) is 0.345. The maximum absolute atomic E-state index is 11.6. The molecule has 0 amide bonds. The zero-order valence-electron chi connectivity index (χ0n) is 14.2. The number of nitro benzene ring substituents is 1. The highest BCUT2D eigenvalue weighted by molar-refractivity contribution is 7.90. The molecule has 24 heavy (non-hydrogen) atoms. The second kappa shape index (κ2) is 7.94. The molecule has 1 heterocycles. The second-order valence-electron chi connectivity index (χ2n) is 6.56. The fraction of sp³-hybridized carbons (Fsp3) is 0.625. The van der Waals surface area contributed by atoms with Gasteiger partial charge >= 0.3 is 0 Å². The fourth-order valence-corrected chi connectivity index (χ4v) is 3.62. The Morgan fingerprint density at radius 3 is 2.54 bits per heavy atom. The molecule has 7 nitrogen and oxygen atoms in total. The lowest BCUT2D eigenvalue weighted by Gasteiger charge is -2.29. The standard InChI is InChI=1S/C16H25N3O4S/c1-13(12-18-8-4-3-5-9-18)11-17-15-7-6-14(24(2,22)23)10-16(15)19(20)21/h6-7,10,13,17H,3-5,8-9,11-12H2,1-2H3/t13-/m0/s1. The number of nitrogens with one attached hydrogen (secondary N) is 1. The van der Waals surface area contributed by atoms with Crippen LogP contribution in [-0.2, 0) is 9.84 Å². The Morgan fingerprint density at radius 2 is 1.96 bits per heavy atom. The van der Waals surface area contributed by atoms with E-state index in [1.807, 2.05) is 0 Å². The van der Waals surface area contributed by atoms with Crippen molar-refractivity contribution in [2.24, 2.45) is 5.92 Å². The highest BCUT2D eigenvalue weighted by atomic mass is 32.2. The van der Waals surface area contributed by atoms with Crippen molar-refractivity contribution in [1.82, 2.24) is 4.90 Å². The lowest BCUT2D eigenvalue weighted by atomic mass is 10.1. The van der Waals surface area contributed by atoms with Crippen LogP contribution in [0.2, 0.25) is 0 Å². The lowest BCUT2D eigenvalue weighted by Crippen LogP contribution is -2.35. The van der Waals surface area contributed by atoms with Gasteiger partial charge in [0.15, 0.2) is 9.84 Å². The second-order valence-corrected chi connectivity index (χ2v) is 8.57. The number of rotatable bonds is 7. The molecule has 0 bridgehead atoms. The van der Waals surface area contributed by atoms with Crippen molar-refractivity contribution in [2.45, 2.75) is 31.1 Å². The number of likely N-dealkylation sites (tertiary alicyclic amines) is 1. The number of sulfone groups is 1. The van der Waals surface area contributed by atoms with Gasteiger partial charge in [-0.2, -0.15) is 0 Å². The number of nitro groups is 1. The number of nitrogens with zero attached hydrogens (tertiary/aromatic N) is 2. The van der Waals surface area contributed by atoms with E-state index < -0.39 is 14.8 Å². The minimum atomic E-state index is -3.46. The maximum Gasteiger partial charge on any atom is 0.293 e. The van der Waals surface area contributed by atoms with Crippen LogP contribution in [0, 0.1) is 16.0 Å². The van der Waals surface area contributed by atoms with Crippen molar-refractivity contribution in [3.63, 3.8) is 0 Å². The van der Waals surface area contributed by atoms with Crippen molar-refractivity contribution >= 4 is 21.2 Å². The molecule has 1 aromatic carbocycles. The third kappa shape index (κ3) is 5.17. The summed E-state index contributed by atoms with van der Waals surface area (Å²) in [6.07, 6.45) is 4.80. The smallest absolute Gasteiger partial charge is 0.293 e. The van der Waals surface area contributed by atoms with E-state index >= 15 is 0 Å². The van der Waals surface area contributed by atoms with Gasteiger partial charge in [0.2, 0.25) is 0 Å². The first-order valence-electron chi connectivity index (χ1n) is 8.22. The van der Waals surface area contributed by atoms with E-state index in [2.05, 4.69) is 17.1 Å². The van der Waals surface area contributed by atoms with Crippen LogP contribution in [0.3, 0.4) is 0 Å². The van der Waals surface area contributed by atoms with Crippen molar-refractivity contribution in [3.05, 3.63) is 28.3 Å². The summed E-state index contributed by atoms with van der Waals surface area (Å²) in [5.41, 5.74) is 0.154. The summed E-state index contributed by atoms with van der Waals surface area (Å²) in [6.45, 7) is 5.91. The number of benzene rings is 1. The first kappa shape index (κ1) is 18.7. The van der Waals surface area contributed by atoms with E-state index in [1.165, 1.54) is 31.4 Å². The molecule has 0 aliphatic carbocycles. The predicted molar refractivity (Wildman–Crippen MR) is 94.2 cm³/mol. The van der Waals surface area contributed by atoms with Crippen LogP contribution >= 0.6 is 0 Å². The Labute approximate surface area is 143 Å². The molecule has 1 saturated heterocycles. The summed E-state index contributed by atoms with van der Waals surface area (Å²) in [5, 5.41) is 14.3. The Balaban J connectivity index is 2.02. The van der Waals surface area contributed by atoms with Crippen LogP contribution in [0.4, 0.5) is 11.4 Å². The third-order valence-corrected chi connectivity index (χ3v) is 5.36. The lowest BCUT2D eigenvalue weighted by molar-refractivity contribution is -0.384. The van der Waals surface area contributed by atoms with Crippen molar-refractivity contribution < 1.29 is 13.3 Å². The molecule has 0 radical (unpaired) electrons. The molecule has 1 N–H and O–H groups in total. The zero-order chi connectivity index (χ0) is 17.7. The highest BCUT2D eigenvalue weighted by Gasteiger charge is 2.19. The molecular formula is C16H25N3O4S. The van der Waals surface area contributed by atoms with Gasteiger partial charge in [-0.05, 0) is 44.0 Å². The number of anilines is 1. The van der Waals surface area contributed by atoms with Crippen LogP contribution in [0.5, 0.6) is 0 Å². The summed E-state index contributed by atoms with van der Waals surface area (Å²) >= 11 is 0. The normalized spacial score (nSPS) is 17.4. The van der Waals surface area contributed by atoms with Crippen molar-refractivity contribution in [3.8, 4) is 0 Å². The molecule has 0 aromatic heterocycles. The van der Waals surface area contributed by atoms with Crippen LogP contribution in [0.15, 0.2) is 23.1 Å². The monoisotopic (exact) mass is 355 g/mol. The molecule has 0 saturated carbocycles. The molecule has 1 aromatic rings. The Morgan fingerprint density at radius 1 is 1.29 bits per heavy atom. The van der Waals surface area contributed by atoms with E-state index in [9.17, 15) is 18.5 Å². The summed E-state index contributed by atoms with van der Waals surface area (Å²) in [4.78, 5) is 13.1. The van der Waals surface area contributed by atoms with E-state index in [1.54, 1.807) is 0 Å². The SMILES string of the molecule is C[C@@H](CNc1ccc(S(C)(=O)=O)cc1[N+](=O)[O-])CN1CCCCC1. The minimum absolute atomic E-state index is 0.0406. The molecule has 8 heteroatoms. The van der Waals surface area contributed by atoms with Crippen LogP contribution in [-0.4, -0.2) is 50.7 Å². The highest BCUT2D eigenvalue weighted by Crippen LogP contribution is 2.27. The van der Waals surface area contributed by atoms with Gasteiger partial charge in [0.25, 0.3) is 5.69 Å². The van der Waals surface area contributed by atoms with Gasteiger partial charge in [-0.25, -0.2) is 8.42 Å². The molecule has 0 spiro atoms. The van der Waals surface area contributed by atoms with Gasteiger partial charge in [0, 0.05) is 25.4 Å². The molecular weight excluding hydrogens is 330 g/mol. The Hall–Kier alpha value is -1.67. The molecule has 1 aliphatic heterocycles. The van der Waals surface area contributed by atoms with Gasteiger partial charge in [0.05, 0.1) is 9.82 Å². The van der Waals surface area contributed by atoms with E-state index in [0.29, 0.717) is 18.2 Å². The topological polar surface area (TPSA) is 92.5 Å². The van der Waals surface area contributed by atoms with E-state index in [4.69, 9.17) is 0 Å². The molecule has 1 atom stereocenters.